The third kappa shape index (κ3) is 8.04. The molecule has 0 spiro atoms. The van der Waals surface area contributed by atoms with Gasteiger partial charge in [0.2, 0.25) is 5.91 Å². The van der Waals surface area contributed by atoms with E-state index in [1.807, 2.05) is 78.9 Å². The highest BCUT2D eigenvalue weighted by atomic mass is 79.9. The van der Waals surface area contributed by atoms with Crippen LogP contribution in [0.2, 0.25) is 0 Å². The van der Waals surface area contributed by atoms with Crippen molar-refractivity contribution < 1.29 is 19.1 Å². The van der Waals surface area contributed by atoms with Crippen LogP contribution in [0.1, 0.15) is 36.1 Å². The first-order chi connectivity index (χ1) is 16.5. The molecule has 0 saturated carbocycles. The van der Waals surface area contributed by atoms with Crippen LogP contribution in [0.5, 0.6) is 5.75 Å². The maximum absolute atomic E-state index is 12.5. The van der Waals surface area contributed by atoms with Crippen LogP contribution in [0, 0.1) is 0 Å². The molecule has 0 aromatic heterocycles. The van der Waals surface area contributed by atoms with E-state index >= 15 is 0 Å². The maximum Gasteiger partial charge on any atom is 0.407 e. The fourth-order valence-electron chi connectivity index (χ4n) is 3.12. The van der Waals surface area contributed by atoms with Gasteiger partial charge in [0, 0.05) is 10.0 Å². The summed E-state index contributed by atoms with van der Waals surface area (Å²) < 4.78 is 11.9. The molecule has 7 nitrogen and oxygen atoms in total. The van der Waals surface area contributed by atoms with E-state index in [1.165, 1.54) is 6.21 Å². The topological polar surface area (TPSA) is 89.0 Å². The summed E-state index contributed by atoms with van der Waals surface area (Å²) >= 11 is 3.42. The molecule has 0 aliphatic carbocycles. The van der Waals surface area contributed by atoms with Crippen molar-refractivity contribution in [3.05, 3.63) is 100 Å². The van der Waals surface area contributed by atoms with E-state index in [4.69, 9.17) is 9.47 Å². The molecule has 0 unspecified atom stereocenters. The highest BCUT2D eigenvalue weighted by Crippen LogP contribution is 2.19. The zero-order valence-corrected chi connectivity index (χ0v) is 20.3. The summed E-state index contributed by atoms with van der Waals surface area (Å²) in [6.07, 6.45) is 0.956. The van der Waals surface area contributed by atoms with Gasteiger partial charge in [-0.05, 0) is 42.3 Å². The van der Waals surface area contributed by atoms with Crippen molar-refractivity contribution in [3.63, 3.8) is 0 Å². The van der Waals surface area contributed by atoms with E-state index in [2.05, 4.69) is 31.8 Å². The number of hydrogen-bond acceptors (Lipinski definition) is 5. The number of hydrazone groups is 1. The van der Waals surface area contributed by atoms with Crippen LogP contribution in [0.4, 0.5) is 4.79 Å². The number of halogens is 1. The van der Waals surface area contributed by atoms with Crippen molar-refractivity contribution in [1.29, 1.82) is 0 Å². The number of para-hydroxylation sites is 1. The quantitative estimate of drug-likeness (QED) is 0.276. The molecule has 8 heteroatoms. The number of ether oxygens (including phenoxy) is 2. The number of carbonyl (C=O) groups excluding carboxylic acids is 2. The molecule has 0 aliphatic rings. The Kier molecular flexibility index (Phi) is 9.66. The Morgan fingerprint density at radius 2 is 1.71 bits per heavy atom. The average molecular weight is 524 g/mol. The van der Waals surface area contributed by atoms with Crippen LogP contribution in [0.25, 0.3) is 0 Å². The predicted octanol–water partition coefficient (Wildman–Crippen LogP) is 5.36. The summed E-state index contributed by atoms with van der Waals surface area (Å²) in [5.41, 5.74) is 5.07. The van der Waals surface area contributed by atoms with Crippen molar-refractivity contribution in [2.75, 3.05) is 6.61 Å². The lowest BCUT2D eigenvalue weighted by molar-refractivity contribution is -0.121. The predicted molar refractivity (Wildman–Crippen MR) is 135 cm³/mol. The third-order valence-electron chi connectivity index (χ3n) is 4.78. The molecule has 2 amide bonds. The number of nitrogens with zero attached hydrogens (tertiary/aromatic N) is 1. The van der Waals surface area contributed by atoms with Gasteiger partial charge in [0.1, 0.15) is 12.4 Å². The number of benzene rings is 3. The lowest BCUT2D eigenvalue weighted by Crippen LogP contribution is -2.33. The van der Waals surface area contributed by atoms with Crippen LogP contribution in [0.15, 0.2) is 88.4 Å². The largest absolute Gasteiger partial charge is 0.488 e. The second-order valence-corrected chi connectivity index (χ2v) is 8.19. The Bertz CT molecular complexity index is 1100. The summed E-state index contributed by atoms with van der Waals surface area (Å²) in [6, 6.07) is 24.0. The molecule has 2 N–H and O–H groups in total. The Morgan fingerprint density at radius 3 is 2.44 bits per heavy atom. The van der Waals surface area contributed by atoms with Gasteiger partial charge in [-0.2, -0.15) is 5.10 Å². The highest BCUT2D eigenvalue weighted by molar-refractivity contribution is 9.10. The van der Waals surface area contributed by atoms with E-state index in [9.17, 15) is 9.59 Å². The number of hydrogen-bond donors (Lipinski definition) is 2. The number of rotatable bonds is 10. The van der Waals surface area contributed by atoms with Crippen molar-refractivity contribution in [3.8, 4) is 5.75 Å². The molecule has 0 aliphatic heterocycles. The second-order valence-electron chi connectivity index (χ2n) is 7.28. The summed E-state index contributed by atoms with van der Waals surface area (Å²) in [4.78, 5) is 24.4. The lowest BCUT2D eigenvalue weighted by atomic mass is 10.0. The van der Waals surface area contributed by atoms with Crippen LogP contribution in [0.3, 0.4) is 0 Å². The van der Waals surface area contributed by atoms with E-state index < -0.39 is 12.1 Å². The van der Waals surface area contributed by atoms with E-state index in [1.54, 1.807) is 6.92 Å². The fourth-order valence-corrected chi connectivity index (χ4v) is 3.38. The Labute approximate surface area is 207 Å². The number of amides is 2. The summed E-state index contributed by atoms with van der Waals surface area (Å²) in [6.45, 7) is 2.37. The van der Waals surface area contributed by atoms with Gasteiger partial charge in [0.05, 0.1) is 25.3 Å². The Morgan fingerprint density at radius 1 is 1.00 bits per heavy atom. The standard InChI is InChI=1S/C26H26BrN3O4/c1-2-33-26(32)29-23(20-8-4-3-5-9-20)16-25(31)30-28-17-21-10-6-7-11-24(21)34-18-19-12-14-22(27)15-13-19/h3-15,17,23H,2,16,18H2,1H3,(H,29,32)(H,30,31)/b28-17-/t23-/m1/s1. The summed E-state index contributed by atoms with van der Waals surface area (Å²) in [5.74, 6) is 0.296. The molecule has 0 fully saturated rings. The fraction of sp³-hybridized carbons (Fsp3) is 0.192. The van der Waals surface area contributed by atoms with Crippen molar-refractivity contribution in [2.24, 2.45) is 5.10 Å². The van der Waals surface area contributed by atoms with E-state index in [0.717, 1.165) is 21.2 Å². The first-order valence-electron chi connectivity index (χ1n) is 10.8. The molecule has 176 valence electrons. The van der Waals surface area contributed by atoms with Gasteiger partial charge >= 0.3 is 6.09 Å². The lowest BCUT2D eigenvalue weighted by Gasteiger charge is -2.18. The number of alkyl carbamates (subject to hydrolysis) is 1. The number of nitrogens with one attached hydrogen (secondary N) is 2. The molecule has 3 rings (SSSR count). The second kappa shape index (κ2) is 13.2. The van der Waals surface area contributed by atoms with Gasteiger partial charge in [-0.1, -0.05) is 70.5 Å². The highest BCUT2D eigenvalue weighted by Gasteiger charge is 2.18. The first kappa shape index (κ1) is 25.0. The molecule has 3 aromatic rings. The van der Waals surface area contributed by atoms with Gasteiger partial charge < -0.3 is 14.8 Å². The minimum atomic E-state index is -0.579. The van der Waals surface area contributed by atoms with Crippen molar-refractivity contribution in [2.45, 2.75) is 26.0 Å². The minimum absolute atomic E-state index is 0.00187. The minimum Gasteiger partial charge on any atom is -0.488 e. The van der Waals surface area contributed by atoms with Gasteiger partial charge in [0.25, 0.3) is 0 Å². The molecule has 0 saturated heterocycles. The van der Waals surface area contributed by atoms with Gasteiger partial charge in [-0.15, -0.1) is 0 Å². The first-order valence-corrected chi connectivity index (χ1v) is 11.6. The van der Waals surface area contributed by atoms with Crippen molar-refractivity contribution in [1.82, 2.24) is 10.7 Å². The van der Waals surface area contributed by atoms with Crippen LogP contribution >= 0.6 is 15.9 Å². The molecule has 0 bridgehead atoms. The monoisotopic (exact) mass is 523 g/mol. The smallest absolute Gasteiger partial charge is 0.407 e. The normalized spacial score (nSPS) is 11.6. The zero-order valence-electron chi connectivity index (χ0n) is 18.7. The average Bonchev–Trinajstić information content (AvgIpc) is 2.85. The SMILES string of the molecule is CCOC(=O)N[C@H](CC(=O)N/N=C\c1ccccc1OCc1ccc(Br)cc1)c1ccccc1. The van der Waals surface area contributed by atoms with Gasteiger partial charge in [0.15, 0.2) is 0 Å². The van der Waals surface area contributed by atoms with Crippen molar-refractivity contribution >= 4 is 34.1 Å². The maximum atomic E-state index is 12.5. The van der Waals surface area contributed by atoms with E-state index in [-0.39, 0.29) is 18.9 Å². The van der Waals surface area contributed by atoms with Crippen LogP contribution < -0.4 is 15.5 Å². The van der Waals surface area contributed by atoms with Crippen LogP contribution in [-0.4, -0.2) is 24.8 Å². The molecule has 0 heterocycles. The summed E-state index contributed by atoms with van der Waals surface area (Å²) in [7, 11) is 0. The molecule has 1 atom stereocenters. The molecule has 34 heavy (non-hydrogen) atoms. The molecule has 0 radical (unpaired) electrons. The molecular weight excluding hydrogens is 498 g/mol. The Balaban J connectivity index is 1.60. The number of carbonyl (C=O) groups is 2. The van der Waals surface area contributed by atoms with Crippen LogP contribution in [-0.2, 0) is 16.1 Å². The zero-order chi connectivity index (χ0) is 24.2. The van der Waals surface area contributed by atoms with E-state index in [0.29, 0.717) is 12.4 Å². The van der Waals surface area contributed by atoms with Gasteiger partial charge in [-0.3, -0.25) is 4.79 Å². The third-order valence-corrected chi connectivity index (χ3v) is 5.31. The Hall–Kier alpha value is -3.65. The summed E-state index contributed by atoms with van der Waals surface area (Å²) in [5, 5.41) is 6.80. The van der Waals surface area contributed by atoms with Gasteiger partial charge in [-0.25, -0.2) is 10.2 Å². The molecule has 3 aromatic carbocycles. The molecular formula is C26H26BrN3O4.